The van der Waals surface area contributed by atoms with Crippen LogP contribution in [-0.2, 0) is 4.79 Å². The van der Waals surface area contributed by atoms with Crippen LogP contribution in [0.2, 0.25) is 0 Å². The van der Waals surface area contributed by atoms with Gasteiger partial charge in [0.2, 0.25) is 5.91 Å². The molecule has 1 aromatic heterocycles. The van der Waals surface area contributed by atoms with Crippen LogP contribution in [0.25, 0.3) is 0 Å². The number of pyridine rings is 1. The zero-order valence-electron chi connectivity index (χ0n) is 14.1. The molecule has 1 atom stereocenters. The Balaban J connectivity index is 2.20. The van der Waals surface area contributed by atoms with Crippen LogP contribution in [-0.4, -0.2) is 34.4 Å². The lowest BCUT2D eigenvalue weighted by Gasteiger charge is -2.41. The van der Waals surface area contributed by atoms with E-state index < -0.39 is 5.54 Å². The molecule has 1 aromatic rings. The molecule has 4 nitrogen and oxygen atoms in total. The normalized spacial score (nSPS) is 18.7. The molecule has 1 saturated carbocycles. The molecule has 1 fully saturated rings. The standard InChI is InChI=1S/C18H29N3O/c1-4-21(5-2)17(22)18(12-8-6-9-13-18)20-15(3)16-11-7-10-14-19-16/h7,10-11,14-15,20H,4-6,8-9,12-13H2,1-3H3. The summed E-state index contributed by atoms with van der Waals surface area (Å²) in [5.41, 5.74) is 0.584. The number of likely N-dealkylation sites (N-methyl/N-ethyl adjacent to an activating group) is 1. The minimum absolute atomic E-state index is 0.0822. The molecule has 1 aliphatic carbocycles. The van der Waals surface area contributed by atoms with E-state index in [0.717, 1.165) is 44.5 Å². The van der Waals surface area contributed by atoms with Crippen LogP contribution in [0.4, 0.5) is 0 Å². The molecule has 122 valence electrons. The average molecular weight is 303 g/mol. The first-order valence-electron chi connectivity index (χ1n) is 8.61. The molecule has 1 aliphatic rings. The van der Waals surface area contributed by atoms with Gasteiger partial charge in [0.25, 0.3) is 0 Å². The highest BCUT2D eigenvalue weighted by atomic mass is 16.2. The predicted molar refractivity (Wildman–Crippen MR) is 89.5 cm³/mol. The lowest BCUT2D eigenvalue weighted by atomic mass is 9.79. The van der Waals surface area contributed by atoms with Gasteiger partial charge in [0.15, 0.2) is 0 Å². The number of carbonyl (C=O) groups excluding carboxylic acids is 1. The molecular weight excluding hydrogens is 274 g/mol. The quantitative estimate of drug-likeness (QED) is 0.877. The Bertz CT molecular complexity index is 464. The molecule has 2 rings (SSSR count). The maximum atomic E-state index is 13.1. The summed E-state index contributed by atoms with van der Waals surface area (Å²) in [7, 11) is 0. The van der Waals surface area contributed by atoms with Crippen LogP contribution in [0.5, 0.6) is 0 Å². The van der Waals surface area contributed by atoms with Gasteiger partial charge in [-0.1, -0.05) is 25.3 Å². The molecule has 1 unspecified atom stereocenters. The van der Waals surface area contributed by atoms with Crippen molar-refractivity contribution in [1.82, 2.24) is 15.2 Å². The maximum Gasteiger partial charge on any atom is 0.242 e. The van der Waals surface area contributed by atoms with E-state index in [9.17, 15) is 4.79 Å². The second-order valence-electron chi connectivity index (χ2n) is 6.24. The Hall–Kier alpha value is -1.42. The van der Waals surface area contributed by atoms with Crippen LogP contribution in [0.15, 0.2) is 24.4 Å². The van der Waals surface area contributed by atoms with Gasteiger partial charge in [-0.2, -0.15) is 0 Å². The summed E-state index contributed by atoms with van der Waals surface area (Å²) in [5, 5.41) is 3.64. The number of hydrogen-bond donors (Lipinski definition) is 1. The highest BCUT2D eigenvalue weighted by Crippen LogP contribution is 2.32. The third kappa shape index (κ3) is 3.67. The lowest BCUT2D eigenvalue weighted by molar-refractivity contribution is -0.140. The molecule has 22 heavy (non-hydrogen) atoms. The van der Waals surface area contributed by atoms with Crippen molar-refractivity contribution in [1.29, 1.82) is 0 Å². The lowest BCUT2D eigenvalue weighted by Crippen LogP contribution is -2.59. The van der Waals surface area contributed by atoms with Crippen molar-refractivity contribution >= 4 is 5.91 Å². The van der Waals surface area contributed by atoms with Crippen LogP contribution < -0.4 is 5.32 Å². The number of carbonyl (C=O) groups is 1. The Morgan fingerprint density at radius 3 is 2.50 bits per heavy atom. The third-order valence-electron chi connectivity index (χ3n) is 4.79. The Morgan fingerprint density at radius 1 is 1.27 bits per heavy atom. The molecular formula is C18H29N3O. The van der Waals surface area contributed by atoms with Gasteiger partial charge in [-0.15, -0.1) is 0 Å². The van der Waals surface area contributed by atoms with Gasteiger partial charge in [0, 0.05) is 25.3 Å². The predicted octanol–water partition coefficient (Wildman–Crippen LogP) is 3.30. The number of amides is 1. The molecule has 4 heteroatoms. The van der Waals surface area contributed by atoms with E-state index in [1.807, 2.05) is 29.3 Å². The minimum Gasteiger partial charge on any atom is -0.342 e. The summed E-state index contributed by atoms with van der Waals surface area (Å²) < 4.78 is 0. The molecule has 0 saturated heterocycles. The molecule has 0 aliphatic heterocycles. The molecule has 1 heterocycles. The fraction of sp³-hybridized carbons (Fsp3) is 0.667. The fourth-order valence-corrected chi connectivity index (χ4v) is 3.51. The first-order chi connectivity index (χ1) is 10.6. The zero-order valence-corrected chi connectivity index (χ0v) is 14.1. The van der Waals surface area contributed by atoms with Crippen molar-refractivity contribution in [3.05, 3.63) is 30.1 Å². The van der Waals surface area contributed by atoms with Gasteiger partial charge in [-0.05, 0) is 45.7 Å². The van der Waals surface area contributed by atoms with Crippen molar-refractivity contribution in [3.8, 4) is 0 Å². The van der Waals surface area contributed by atoms with Gasteiger partial charge >= 0.3 is 0 Å². The van der Waals surface area contributed by atoms with Crippen molar-refractivity contribution < 1.29 is 4.79 Å². The average Bonchev–Trinajstić information content (AvgIpc) is 2.57. The largest absolute Gasteiger partial charge is 0.342 e. The summed E-state index contributed by atoms with van der Waals surface area (Å²) >= 11 is 0. The van der Waals surface area contributed by atoms with Crippen LogP contribution in [0, 0.1) is 0 Å². The molecule has 1 amide bonds. The Labute approximate surface area is 134 Å². The summed E-state index contributed by atoms with van der Waals surface area (Å²) in [6, 6.07) is 6.03. The maximum absolute atomic E-state index is 13.1. The van der Waals surface area contributed by atoms with Crippen LogP contribution in [0.1, 0.15) is 64.6 Å². The summed E-state index contributed by atoms with van der Waals surface area (Å²) in [4.78, 5) is 19.5. The number of aromatic nitrogens is 1. The van der Waals surface area contributed by atoms with Crippen molar-refractivity contribution in [2.24, 2.45) is 0 Å². The topological polar surface area (TPSA) is 45.2 Å². The number of hydrogen-bond acceptors (Lipinski definition) is 3. The third-order valence-corrected chi connectivity index (χ3v) is 4.79. The molecule has 0 spiro atoms. The fourth-order valence-electron chi connectivity index (χ4n) is 3.51. The van der Waals surface area contributed by atoms with Gasteiger partial charge in [-0.3, -0.25) is 15.1 Å². The van der Waals surface area contributed by atoms with Crippen molar-refractivity contribution in [3.63, 3.8) is 0 Å². The van der Waals surface area contributed by atoms with E-state index in [4.69, 9.17) is 0 Å². The van der Waals surface area contributed by atoms with E-state index in [1.54, 1.807) is 0 Å². The summed E-state index contributed by atoms with van der Waals surface area (Å²) in [6.07, 6.45) is 7.14. The minimum atomic E-state index is -0.415. The van der Waals surface area contributed by atoms with Gasteiger partial charge < -0.3 is 4.90 Å². The molecule has 0 radical (unpaired) electrons. The van der Waals surface area contributed by atoms with E-state index in [-0.39, 0.29) is 11.9 Å². The zero-order chi connectivity index (χ0) is 16.0. The molecule has 0 aromatic carbocycles. The van der Waals surface area contributed by atoms with E-state index in [2.05, 4.69) is 31.1 Å². The second-order valence-corrected chi connectivity index (χ2v) is 6.24. The molecule has 1 N–H and O–H groups in total. The van der Waals surface area contributed by atoms with E-state index in [0.29, 0.717) is 0 Å². The number of rotatable bonds is 6. The van der Waals surface area contributed by atoms with E-state index >= 15 is 0 Å². The number of nitrogens with zero attached hydrogens (tertiary/aromatic N) is 2. The van der Waals surface area contributed by atoms with E-state index in [1.165, 1.54) is 6.42 Å². The highest BCUT2D eigenvalue weighted by Gasteiger charge is 2.42. The molecule has 0 bridgehead atoms. The van der Waals surface area contributed by atoms with Crippen molar-refractivity contribution in [2.45, 2.75) is 64.5 Å². The van der Waals surface area contributed by atoms with Crippen LogP contribution in [0.3, 0.4) is 0 Å². The summed E-state index contributed by atoms with van der Waals surface area (Å²) in [5.74, 6) is 0.264. The SMILES string of the molecule is CCN(CC)C(=O)C1(NC(C)c2ccccn2)CCCCC1. The second kappa shape index (κ2) is 7.73. The summed E-state index contributed by atoms with van der Waals surface area (Å²) in [6.45, 7) is 7.77. The Kier molecular flexibility index (Phi) is 5.95. The van der Waals surface area contributed by atoms with Crippen molar-refractivity contribution in [2.75, 3.05) is 13.1 Å². The van der Waals surface area contributed by atoms with Gasteiger partial charge in [0.05, 0.1) is 11.2 Å². The first-order valence-corrected chi connectivity index (χ1v) is 8.61. The monoisotopic (exact) mass is 303 g/mol. The van der Waals surface area contributed by atoms with Gasteiger partial charge in [0.1, 0.15) is 0 Å². The smallest absolute Gasteiger partial charge is 0.242 e. The van der Waals surface area contributed by atoms with Gasteiger partial charge in [-0.25, -0.2) is 0 Å². The Morgan fingerprint density at radius 2 is 1.95 bits per heavy atom. The van der Waals surface area contributed by atoms with Crippen LogP contribution >= 0.6 is 0 Å². The highest BCUT2D eigenvalue weighted by molar-refractivity contribution is 5.86. The first kappa shape index (κ1) is 16.9. The number of nitrogens with one attached hydrogen (secondary N) is 1.